The minimum absolute atomic E-state index is 0.326. The molecule has 2 aromatic carbocycles. The van der Waals surface area contributed by atoms with E-state index in [0.29, 0.717) is 30.1 Å². The molecule has 0 radical (unpaired) electrons. The Balaban J connectivity index is 1.80. The van der Waals surface area contributed by atoms with Crippen LogP contribution >= 0.6 is 0 Å². The number of fused-ring (bicyclic) bond motifs is 2. The van der Waals surface area contributed by atoms with E-state index < -0.39 is 0 Å². The van der Waals surface area contributed by atoms with E-state index in [0.717, 1.165) is 17.3 Å². The standard InChI is InChI=1S/C19H17N3O3/c1-25-12-6-11-21-16-10-5-4-9-15(16)17(20-21)22-18(23)13-7-2-3-8-14(13)19(22)24/h2-5,7-10H,6,11-12H2,1H3. The van der Waals surface area contributed by atoms with Gasteiger partial charge in [0.05, 0.1) is 16.6 Å². The van der Waals surface area contributed by atoms with Gasteiger partial charge in [-0.2, -0.15) is 5.10 Å². The summed E-state index contributed by atoms with van der Waals surface area (Å²) in [6.07, 6.45) is 0.795. The third kappa shape index (κ3) is 2.42. The Morgan fingerprint density at radius 3 is 2.28 bits per heavy atom. The lowest BCUT2D eigenvalue weighted by molar-refractivity contribution is 0.0925. The van der Waals surface area contributed by atoms with Gasteiger partial charge in [0, 0.05) is 25.6 Å². The lowest BCUT2D eigenvalue weighted by Gasteiger charge is -2.10. The number of aromatic nitrogens is 2. The molecule has 2 amide bonds. The van der Waals surface area contributed by atoms with Crippen LogP contribution in [0.2, 0.25) is 0 Å². The number of hydrogen-bond acceptors (Lipinski definition) is 4. The van der Waals surface area contributed by atoms with Crippen LogP contribution in [0.4, 0.5) is 5.82 Å². The van der Waals surface area contributed by atoms with Crippen molar-refractivity contribution in [2.75, 3.05) is 18.6 Å². The SMILES string of the molecule is COCCCn1nc(N2C(=O)c3ccccc3C2=O)c2ccccc21. The van der Waals surface area contributed by atoms with Crippen molar-refractivity contribution in [3.8, 4) is 0 Å². The van der Waals surface area contributed by atoms with E-state index in [1.807, 2.05) is 28.9 Å². The van der Waals surface area contributed by atoms with Crippen LogP contribution in [0, 0.1) is 0 Å². The highest BCUT2D eigenvalue weighted by atomic mass is 16.5. The predicted octanol–water partition coefficient (Wildman–Crippen LogP) is 2.87. The molecule has 0 atom stereocenters. The van der Waals surface area contributed by atoms with Crippen molar-refractivity contribution in [2.24, 2.45) is 0 Å². The Bertz CT molecular complexity index is 942. The molecule has 1 aromatic heterocycles. The number of anilines is 1. The third-order valence-corrected chi connectivity index (χ3v) is 4.36. The molecule has 126 valence electrons. The molecule has 4 rings (SSSR count). The molecule has 0 unspecified atom stereocenters. The van der Waals surface area contributed by atoms with Crippen molar-refractivity contribution in [1.82, 2.24) is 9.78 Å². The normalized spacial score (nSPS) is 13.7. The first-order valence-corrected chi connectivity index (χ1v) is 8.14. The van der Waals surface area contributed by atoms with Crippen LogP contribution in [0.15, 0.2) is 48.5 Å². The van der Waals surface area contributed by atoms with E-state index in [4.69, 9.17) is 4.74 Å². The Morgan fingerprint density at radius 1 is 0.960 bits per heavy atom. The topological polar surface area (TPSA) is 64.4 Å². The first-order chi connectivity index (χ1) is 12.2. The molecule has 2 heterocycles. The van der Waals surface area contributed by atoms with Gasteiger partial charge < -0.3 is 4.74 Å². The minimum atomic E-state index is -0.326. The summed E-state index contributed by atoms with van der Waals surface area (Å²) < 4.78 is 6.93. The number of rotatable bonds is 5. The fourth-order valence-electron chi connectivity index (χ4n) is 3.19. The Labute approximate surface area is 144 Å². The van der Waals surface area contributed by atoms with Crippen LogP contribution in [0.3, 0.4) is 0 Å². The number of para-hydroxylation sites is 1. The molecular weight excluding hydrogens is 318 g/mol. The molecule has 6 nitrogen and oxygen atoms in total. The number of ether oxygens (including phenoxy) is 1. The third-order valence-electron chi connectivity index (χ3n) is 4.36. The summed E-state index contributed by atoms with van der Waals surface area (Å²) in [5.74, 6) is -0.264. The minimum Gasteiger partial charge on any atom is -0.385 e. The number of methoxy groups -OCH3 is 1. The Hall–Kier alpha value is -2.99. The van der Waals surface area contributed by atoms with Crippen LogP contribution in [0.1, 0.15) is 27.1 Å². The molecule has 0 N–H and O–H groups in total. The van der Waals surface area contributed by atoms with E-state index in [2.05, 4.69) is 5.10 Å². The summed E-state index contributed by atoms with van der Waals surface area (Å²) in [5.41, 5.74) is 1.74. The highest BCUT2D eigenvalue weighted by molar-refractivity contribution is 6.35. The second kappa shape index (κ2) is 6.14. The lowest BCUT2D eigenvalue weighted by Crippen LogP contribution is -2.30. The number of carbonyl (C=O) groups excluding carboxylic acids is 2. The van der Waals surface area contributed by atoms with E-state index in [1.54, 1.807) is 31.4 Å². The molecule has 6 heteroatoms. The average molecular weight is 335 g/mol. The van der Waals surface area contributed by atoms with Crippen LogP contribution in [0.5, 0.6) is 0 Å². The molecule has 0 saturated carbocycles. The van der Waals surface area contributed by atoms with Crippen LogP contribution in [0.25, 0.3) is 10.9 Å². The molecule has 0 spiro atoms. The highest BCUT2D eigenvalue weighted by Crippen LogP contribution is 2.32. The zero-order valence-corrected chi connectivity index (χ0v) is 13.8. The van der Waals surface area contributed by atoms with Crippen LogP contribution in [-0.2, 0) is 11.3 Å². The van der Waals surface area contributed by atoms with Crippen molar-refractivity contribution >= 4 is 28.5 Å². The van der Waals surface area contributed by atoms with E-state index in [9.17, 15) is 9.59 Å². The van der Waals surface area contributed by atoms with Crippen molar-refractivity contribution < 1.29 is 14.3 Å². The maximum Gasteiger partial charge on any atom is 0.267 e. The Morgan fingerprint density at radius 2 is 1.60 bits per heavy atom. The van der Waals surface area contributed by atoms with Gasteiger partial charge in [0.2, 0.25) is 0 Å². The average Bonchev–Trinajstić information content (AvgIpc) is 3.12. The largest absolute Gasteiger partial charge is 0.385 e. The van der Waals surface area contributed by atoms with Gasteiger partial charge in [0.1, 0.15) is 0 Å². The number of imide groups is 1. The first kappa shape index (κ1) is 15.5. The van der Waals surface area contributed by atoms with Gasteiger partial charge in [-0.05, 0) is 30.7 Å². The van der Waals surface area contributed by atoms with Gasteiger partial charge in [-0.15, -0.1) is 0 Å². The molecule has 0 saturated heterocycles. The molecule has 1 aliphatic heterocycles. The second-order valence-corrected chi connectivity index (χ2v) is 5.90. The molecule has 25 heavy (non-hydrogen) atoms. The summed E-state index contributed by atoms with van der Waals surface area (Å²) in [7, 11) is 1.66. The number of benzene rings is 2. The predicted molar refractivity (Wildman–Crippen MR) is 93.8 cm³/mol. The molecule has 1 aliphatic rings. The summed E-state index contributed by atoms with van der Waals surface area (Å²) >= 11 is 0. The van der Waals surface area contributed by atoms with Crippen molar-refractivity contribution in [1.29, 1.82) is 0 Å². The molecule has 0 aliphatic carbocycles. The van der Waals surface area contributed by atoms with E-state index in [-0.39, 0.29) is 11.8 Å². The van der Waals surface area contributed by atoms with Gasteiger partial charge in [-0.1, -0.05) is 24.3 Å². The first-order valence-electron chi connectivity index (χ1n) is 8.14. The fourth-order valence-corrected chi connectivity index (χ4v) is 3.19. The maximum atomic E-state index is 12.8. The van der Waals surface area contributed by atoms with Crippen molar-refractivity contribution in [3.05, 3.63) is 59.7 Å². The van der Waals surface area contributed by atoms with E-state index >= 15 is 0 Å². The number of amides is 2. The van der Waals surface area contributed by atoms with E-state index in [1.165, 1.54) is 4.90 Å². The second-order valence-electron chi connectivity index (χ2n) is 5.90. The van der Waals surface area contributed by atoms with Crippen LogP contribution < -0.4 is 4.90 Å². The Kier molecular flexibility index (Phi) is 3.82. The zero-order chi connectivity index (χ0) is 17.4. The van der Waals surface area contributed by atoms with Crippen molar-refractivity contribution in [3.63, 3.8) is 0 Å². The number of carbonyl (C=O) groups is 2. The number of aryl methyl sites for hydroxylation is 1. The van der Waals surface area contributed by atoms with Gasteiger partial charge in [0.25, 0.3) is 11.8 Å². The fraction of sp³-hybridized carbons (Fsp3) is 0.211. The quantitative estimate of drug-likeness (QED) is 0.531. The summed E-state index contributed by atoms with van der Waals surface area (Å²) in [6, 6.07) is 14.5. The smallest absolute Gasteiger partial charge is 0.267 e. The summed E-state index contributed by atoms with van der Waals surface area (Å²) in [4.78, 5) is 26.7. The zero-order valence-electron chi connectivity index (χ0n) is 13.8. The number of hydrogen-bond donors (Lipinski definition) is 0. The van der Waals surface area contributed by atoms with Gasteiger partial charge >= 0.3 is 0 Å². The van der Waals surface area contributed by atoms with Gasteiger partial charge in [0.15, 0.2) is 5.82 Å². The van der Waals surface area contributed by atoms with Crippen LogP contribution in [-0.4, -0.2) is 35.3 Å². The van der Waals surface area contributed by atoms with Gasteiger partial charge in [-0.3, -0.25) is 14.3 Å². The van der Waals surface area contributed by atoms with Crippen molar-refractivity contribution in [2.45, 2.75) is 13.0 Å². The highest BCUT2D eigenvalue weighted by Gasteiger charge is 2.38. The number of nitrogens with zero attached hydrogens (tertiary/aromatic N) is 3. The molecule has 0 bridgehead atoms. The summed E-state index contributed by atoms with van der Waals surface area (Å²) in [6.45, 7) is 1.27. The summed E-state index contributed by atoms with van der Waals surface area (Å²) in [5, 5.41) is 5.36. The molecule has 0 fully saturated rings. The lowest BCUT2D eigenvalue weighted by atomic mass is 10.1. The monoisotopic (exact) mass is 335 g/mol. The van der Waals surface area contributed by atoms with Gasteiger partial charge in [-0.25, -0.2) is 4.90 Å². The molecular formula is C19H17N3O3. The molecule has 3 aromatic rings. The maximum absolute atomic E-state index is 12.8.